The summed E-state index contributed by atoms with van der Waals surface area (Å²) >= 11 is 6.13. The van der Waals surface area contributed by atoms with E-state index < -0.39 is 0 Å². The highest BCUT2D eigenvalue weighted by Gasteiger charge is 2.10. The van der Waals surface area contributed by atoms with Gasteiger partial charge in [-0.05, 0) is 68.3 Å². The van der Waals surface area contributed by atoms with Crippen LogP contribution < -0.4 is 19.5 Å². The second-order valence-corrected chi connectivity index (χ2v) is 6.49. The SMILES string of the molecule is COc1ccc(OCC(C)NC(=O)COc2cc(C)c(Cl)c(C)c2)cc1. The first kappa shape index (κ1) is 19.9. The Hall–Kier alpha value is -2.40. The molecule has 1 unspecified atom stereocenters. The molecular weight excluding hydrogens is 354 g/mol. The summed E-state index contributed by atoms with van der Waals surface area (Å²) in [5.74, 6) is 1.90. The zero-order valence-electron chi connectivity index (χ0n) is 15.5. The molecule has 0 aliphatic carbocycles. The standard InChI is InChI=1S/C20H24ClNO4/c1-13-9-18(10-14(2)20(13)21)26-12-19(23)22-15(3)11-25-17-7-5-16(24-4)6-8-17/h5-10,15H,11-12H2,1-4H3,(H,22,23). The van der Waals surface area contributed by atoms with E-state index in [0.29, 0.717) is 17.4 Å². The smallest absolute Gasteiger partial charge is 0.258 e. The number of benzene rings is 2. The molecule has 0 saturated carbocycles. The lowest BCUT2D eigenvalue weighted by Crippen LogP contribution is -2.39. The Morgan fingerprint density at radius 3 is 2.19 bits per heavy atom. The first-order valence-corrected chi connectivity index (χ1v) is 8.72. The van der Waals surface area contributed by atoms with Crippen LogP contribution in [0.1, 0.15) is 18.1 Å². The number of methoxy groups -OCH3 is 1. The summed E-state index contributed by atoms with van der Waals surface area (Å²) in [7, 11) is 1.61. The van der Waals surface area contributed by atoms with Crippen molar-refractivity contribution >= 4 is 17.5 Å². The van der Waals surface area contributed by atoms with Gasteiger partial charge in [0.05, 0.1) is 13.2 Å². The molecule has 0 spiro atoms. The van der Waals surface area contributed by atoms with Gasteiger partial charge in [0, 0.05) is 5.02 Å². The fourth-order valence-electron chi connectivity index (χ4n) is 2.39. The van der Waals surface area contributed by atoms with Gasteiger partial charge in [-0.25, -0.2) is 0 Å². The van der Waals surface area contributed by atoms with Crippen LogP contribution in [0, 0.1) is 13.8 Å². The average Bonchev–Trinajstić information content (AvgIpc) is 2.63. The van der Waals surface area contributed by atoms with Gasteiger partial charge in [0.15, 0.2) is 6.61 Å². The minimum atomic E-state index is -0.207. The Morgan fingerprint density at radius 1 is 1.04 bits per heavy atom. The van der Waals surface area contributed by atoms with Crippen LogP contribution in [0.4, 0.5) is 0 Å². The molecule has 140 valence electrons. The van der Waals surface area contributed by atoms with E-state index in [1.54, 1.807) is 7.11 Å². The second kappa shape index (κ2) is 9.34. The fraction of sp³-hybridized carbons (Fsp3) is 0.350. The number of halogens is 1. The number of hydrogen-bond donors (Lipinski definition) is 1. The quantitative estimate of drug-likeness (QED) is 0.757. The van der Waals surface area contributed by atoms with Crippen molar-refractivity contribution in [3.8, 4) is 17.2 Å². The molecular formula is C20H24ClNO4. The third-order valence-corrected chi connectivity index (χ3v) is 4.34. The van der Waals surface area contributed by atoms with E-state index >= 15 is 0 Å². The number of hydrogen-bond acceptors (Lipinski definition) is 4. The van der Waals surface area contributed by atoms with Gasteiger partial charge in [-0.15, -0.1) is 0 Å². The lowest BCUT2D eigenvalue weighted by Gasteiger charge is -2.16. The molecule has 1 atom stereocenters. The van der Waals surface area contributed by atoms with Crippen molar-refractivity contribution < 1.29 is 19.0 Å². The largest absolute Gasteiger partial charge is 0.497 e. The van der Waals surface area contributed by atoms with Gasteiger partial charge in [-0.3, -0.25) is 4.79 Å². The molecule has 2 aromatic carbocycles. The Balaban J connectivity index is 1.76. The molecule has 0 aromatic heterocycles. The van der Waals surface area contributed by atoms with Gasteiger partial charge in [0.2, 0.25) is 0 Å². The normalized spacial score (nSPS) is 11.6. The Kier molecular flexibility index (Phi) is 7.16. The molecule has 0 aliphatic rings. The monoisotopic (exact) mass is 377 g/mol. The van der Waals surface area contributed by atoms with E-state index in [1.807, 2.05) is 57.2 Å². The van der Waals surface area contributed by atoms with Crippen molar-refractivity contribution in [2.24, 2.45) is 0 Å². The van der Waals surface area contributed by atoms with Crippen molar-refractivity contribution in [2.45, 2.75) is 26.8 Å². The number of aryl methyl sites for hydroxylation is 2. The highest BCUT2D eigenvalue weighted by molar-refractivity contribution is 6.32. The summed E-state index contributed by atoms with van der Waals surface area (Å²) in [6.07, 6.45) is 0. The zero-order chi connectivity index (χ0) is 19.1. The number of rotatable bonds is 8. The molecule has 26 heavy (non-hydrogen) atoms. The van der Waals surface area contributed by atoms with Crippen molar-refractivity contribution in [1.29, 1.82) is 0 Å². The predicted octanol–water partition coefficient (Wildman–Crippen LogP) is 3.93. The van der Waals surface area contributed by atoms with Crippen LogP contribution in [0.2, 0.25) is 5.02 Å². The number of nitrogens with one attached hydrogen (secondary N) is 1. The van der Waals surface area contributed by atoms with Crippen LogP contribution in [-0.4, -0.2) is 32.3 Å². The summed E-state index contributed by atoms with van der Waals surface area (Å²) in [5.41, 5.74) is 1.84. The van der Waals surface area contributed by atoms with Crippen LogP contribution in [0.15, 0.2) is 36.4 Å². The average molecular weight is 378 g/mol. The van der Waals surface area contributed by atoms with Crippen molar-refractivity contribution in [1.82, 2.24) is 5.32 Å². The molecule has 0 aliphatic heterocycles. The lowest BCUT2D eigenvalue weighted by atomic mass is 10.1. The molecule has 2 rings (SSSR count). The van der Waals surface area contributed by atoms with E-state index in [9.17, 15) is 4.79 Å². The Bertz CT molecular complexity index is 723. The molecule has 0 saturated heterocycles. The predicted molar refractivity (Wildman–Crippen MR) is 103 cm³/mol. The molecule has 1 amide bonds. The van der Waals surface area contributed by atoms with Crippen LogP contribution in [0.3, 0.4) is 0 Å². The Morgan fingerprint density at radius 2 is 1.62 bits per heavy atom. The minimum absolute atomic E-state index is 0.0621. The third-order valence-electron chi connectivity index (χ3n) is 3.75. The third kappa shape index (κ3) is 5.85. The summed E-state index contributed by atoms with van der Waals surface area (Å²) in [5, 5.41) is 3.56. The second-order valence-electron chi connectivity index (χ2n) is 6.11. The Labute approximate surface area is 159 Å². The number of carbonyl (C=O) groups is 1. The van der Waals surface area contributed by atoms with E-state index in [0.717, 1.165) is 22.6 Å². The highest BCUT2D eigenvalue weighted by Crippen LogP contribution is 2.25. The van der Waals surface area contributed by atoms with Gasteiger partial charge in [0.1, 0.15) is 23.9 Å². The van der Waals surface area contributed by atoms with Gasteiger partial charge in [0.25, 0.3) is 5.91 Å². The number of amides is 1. The topological polar surface area (TPSA) is 56.8 Å². The van der Waals surface area contributed by atoms with Crippen molar-refractivity contribution in [3.63, 3.8) is 0 Å². The maximum Gasteiger partial charge on any atom is 0.258 e. The molecule has 0 bridgehead atoms. The van der Waals surface area contributed by atoms with Gasteiger partial charge in [-0.2, -0.15) is 0 Å². The van der Waals surface area contributed by atoms with Crippen LogP contribution in [-0.2, 0) is 4.79 Å². The molecule has 5 nitrogen and oxygen atoms in total. The van der Waals surface area contributed by atoms with Crippen LogP contribution in [0.25, 0.3) is 0 Å². The lowest BCUT2D eigenvalue weighted by molar-refractivity contribution is -0.123. The van der Waals surface area contributed by atoms with Gasteiger partial charge < -0.3 is 19.5 Å². The van der Waals surface area contributed by atoms with Gasteiger partial charge in [-0.1, -0.05) is 11.6 Å². The maximum absolute atomic E-state index is 12.0. The molecule has 6 heteroatoms. The van der Waals surface area contributed by atoms with E-state index in [2.05, 4.69) is 5.32 Å². The van der Waals surface area contributed by atoms with E-state index in [-0.39, 0.29) is 18.6 Å². The van der Waals surface area contributed by atoms with E-state index in [4.69, 9.17) is 25.8 Å². The molecule has 0 heterocycles. The molecule has 1 N–H and O–H groups in total. The van der Waals surface area contributed by atoms with E-state index in [1.165, 1.54) is 0 Å². The van der Waals surface area contributed by atoms with Gasteiger partial charge >= 0.3 is 0 Å². The zero-order valence-corrected chi connectivity index (χ0v) is 16.2. The molecule has 2 aromatic rings. The number of ether oxygens (including phenoxy) is 3. The van der Waals surface area contributed by atoms with Crippen LogP contribution >= 0.6 is 11.6 Å². The summed E-state index contributed by atoms with van der Waals surface area (Å²) < 4.78 is 16.3. The molecule has 0 fully saturated rings. The summed E-state index contributed by atoms with van der Waals surface area (Å²) in [4.78, 5) is 12.0. The van der Waals surface area contributed by atoms with Crippen molar-refractivity contribution in [2.75, 3.05) is 20.3 Å². The summed E-state index contributed by atoms with van der Waals surface area (Å²) in [6, 6.07) is 10.8. The highest BCUT2D eigenvalue weighted by atomic mass is 35.5. The van der Waals surface area contributed by atoms with Crippen LogP contribution in [0.5, 0.6) is 17.2 Å². The maximum atomic E-state index is 12.0. The minimum Gasteiger partial charge on any atom is -0.497 e. The number of carbonyl (C=O) groups excluding carboxylic acids is 1. The summed E-state index contributed by atoms with van der Waals surface area (Å²) in [6.45, 7) is 5.98. The fourth-order valence-corrected chi connectivity index (χ4v) is 2.50. The first-order chi connectivity index (χ1) is 12.4. The first-order valence-electron chi connectivity index (χ1n) is 8.34. The van der Waals surface area contributed by atoms with Crippen molar-refractivity contribution in [3.05, 3.63) is 52.5 Å². The molecule has 0 radical (unpaired) electrons.